The summed E-state index contributed by atoms with van der Waals surface area (Å²) in [6, 6.07) is 10.8. The summed E-state index contributed by atoms with van der Waals surface area (Å²) in [5.74, 6) is 1.86. The van der Waals surface area contributed by atoms with Crippen LogP contribution >= 0.6 is 11.3 Å². The van der Waals surface area contributed by atoms with E-state index in [1.807, 2.05) is 12.1 Å². The second kappa shape index (κ2) is 9.62. The summed E-state index contributed by atoms with van der Waals surface area (Å²) >= 11 is 1.34. The van der Waals surface area contributed by atoms with E-state index < -0.39 is 0 Å². The highest BCUT2D eigenvalue weighted by molar-refractivity contribution is 7.24. The Kier molecular flexibility index (Phi) is 6.65. The number of fused-ring (bicyclic) bond motifs is 2. The molecule has 0 spiro atoms. The van der Waals surface area contributed by atoms with Crippen molar-refractivity contribution in [2.24, 2.45) is 0 Å². The van der Waals surface area contributed by atoms with Gasteiger partial charge in [0.05, 0.1) is 21.3 Å². The Morgan fingerprint density at radius 2 is 1.67 bits per heavy atom. The summed E-state index contributed by atoms with van der Waals surface area (Å²) in [6.45, 7) is 2.56. The van der Waals surface area contributed by atoms with E-state index in [1.165, 1.54) is 18.4 Å². The molecule has 0 bridgehead atoms. The van der Waals surface area contributed by atoms with Crippen LogP contribution in [0.2, 0.25) is 0 Å². The monoisotopic (exact) mass is 466 g/mol. The van der Waals surface area contributed by atoms with E-state index in [1.54, 1.807) is 43.1 Å². The maximum Gasteiger partial charge on any atom is 0.266 e. The third kappa shape index (κ3) is 4.06. The molecular formula is C25H26N2O5S. The molecule has 0 aliphatic heterocycles. The Labute approximate surface area is 195 Å². The fourth-order valence-corrected chi connectivity index (χ4v) is 4.98. The number of methoxy groups -OCH3 is 3. The molecule has 33 heavy (non-hydrogen) atoms. The second-order valence-electron chi connectivity index (χ2n) is 7.62. The van der Waals surface area contributed by atoms with Gasteiger partial charge in [0.25, 0.3) is 5.56 Å². The van der Waals surface area contributed by atoms with E-state index in [0.29, 0.717) is 45.4 Å². The van der Waals surface area contributed by atoms with E-state index in [-0.39, 0.29) is 16.4 Å². The van der Waals surface area contributed by atoms with Gasteiger partial charge in [-0.25, -0.2) is 4.98 Å². The Hall–Kier alpha value is -3.39. The highest BCUT2D eigenvalue weighted by Gasteiger charge is 2.21. The number of aromatic nitrogens is 2. The smallest absolute Gasteiger partial charge is 0.266 e. The van der Waals surface area contributed by atoms with Gasteiger partial charge in [-0.05, 0) is 30.7 Å². The highest BCUT2D eigenvalue weighted by Crippen LogP contribution is 2.41. The zero-order valence-corrected chi connectivity index (χ0v) is 20.0. The van der Waals surface area contributed by atoms with Crippen LogP contribution in [0.4, 0.5) is 0 Å². The van der Waals surface area contributed by atoms with Gasteiger partial charge in [0.15, 0.2) is 11.5 Å². The predicted octanol–water partition coefficient (Wildman–Crippen LogP) is 4.85. The summed E-state index contributed by atoms with van der Waals surface area (Å²) in [4.78, 5) is 32.1. The van der Waals surface area contributed by atoms with E-state index in [9.17, 15) is 9.59 Å². The fraction of sp³-hybridized carbons (Fsp3) is 0.320. The molecule has 2 heterocycles. The Morgan fingerprint density at radius 3 is 2.30 bits per heavy atom. The first-order valence-electron chi connectivity index (χ1n) is 10.8. The van der Waals surface area contributed by atoms with Crippen LogP contribution < -0.4 is 25.2 Å². The van der Waals surface area contributed by atoms with E-state index >= 15 is 0 Å². The average Bonchev–Trinajstić information content (AvgIpc) is 2.84. The molecule has 2 aromatic carbocycles. The largest absolute Gasteiger partial charge is 0.493 e. The summed E-state index contributed by atoms with van der Waals surface area (Å²) in [7, 11) is 4.62. The number of unbranched alkanes of at least 4 members (excludes halogenated alkanes) is 2. The van der Waals surface area contributed by atoms with Gasteiger partial charge in [0.1, 0.15) is 16.0 Å². The fourth-order valence-electron chi connectivity index (χ4n) is 3.94. The van der Waals surface area contributed by atoms with Crippen molar-refractivity contribution < 1.29 is 14.2 Å². The molecule has 0 unspecified atom stereocenters. The number of hydrogen-bond acceptors (Lipinski definition) is 7. The van der Waals surface area contributed by atoms with Crippen LogP contribution in [0.1, 0.15) is 26.2 Å². The molecule has 0 saturated carbocycles. The number of rotatable bonds is 8. The molecule has 0 fully saturated rings. The molecule has 0 amide bonds. The van der Waals surface area contributed by atoms with Crippen LogP contribution in [0.25, 0.3) is 31.7 Å². The minimum Gasteiger partial charge on any atom is -0.493 e. The lowest BCUT2D eigenvalue weighted by Gasteiger charge is -2.17. The summed E-state index contributed by atoms with van der Waals surface area (Å²) in [5, 5.41) is 0.668. The van der Waals surface area contributed by atoms with Crippen molar-refractivity contribution in [3.8, 4) is 28.6 Å². The van der Waals surface area contributed by atoms with Crippen LogP contribution in [0.5, 0.6) is 17.2 Å². The van der Waals surface area contributed by atoms with Crippen molar-refractivity contribution >= 4 is 31.6 Å². The molecule has 0 aliphatic rings. The lowest BCUT2D eigenvalue weighted by Crippen LogP contribution is -2.27. The van der Waals surface area contributed by atoms with Crippen molar-refractivity contribution in [1.29, 1.82) is 0 Å². The Balaban J connectivity index is 2.06. The number of nitrogens with zero attached hydrogens (tertiary/aromatic N) is 2. The topological polar surface area (TPSA) is 79.7 Å². The van der Waals surface area contributed by atoms with Gasteiger partial charge in [0.2, 0.25) is 11.2 Å². The minimum absolute atomic E-state index is 0.131. The molecule has 0 aliphatic carbocycles. The normalized spacial score (nSPS) is 11.2. The van der Waals surface area contributed by atoms with E-state index in [4.69, 9.17) is 19.2 Å². The molecule has 0 saturated heterocycles. The van der Waals surface area contributed by atoms with Gasteiger partial charge < -0.3 is 14.2 Å². The molecule has 4 aromatic rings. The minimum atomic E-state index is -0.327. The summed E-state index contributed by atoms with van der Waals surface area (Å²) in [5.41, 5.74) is 0.0391. The molecule has 7 nitrogen and oxygen atoms in total. The van der Waals surface area contributed by atoms with Gasteiger partial charge in [-0.15, -0.1) is 11.3 Å². The molecule has 2 aromatic heterocycles. The predicted molar refractivity (Wildman–Crippen MR) is 132 cm³/mol. The van der Waals surface area contributed by atoms with E-state index in [2.05, 4.69) is 6.92 Å². The van der Waals surface area contributed by atoms with Crippen molar-refractivity contribution in [3.63, 3.8) is 0 Å². The molecule has 4 rings (SSSR count). The van der Waals surface area contributed by atoms with Crippen molar-refractivity contribution in [3.05, 3.63) is 57.0 Å². The van der Waals surface area contributed by atoms with Gasteiger partial charge in [-0.2, -0.15) is 0 Å². The van der Waals surface area contributed by atoms with Gasteiger partial charge >= 0.3 is 0 Å². The van der Waals surface area contributed by atoms with Gasteiger partial charge in [-0.1, -0.05) is 31.9 Å². The lowest BCUT2D eigenvalue weighted by molar-refractivity contribution is 0.324. The second-order valence-corrected chi connectivity index (χ2v) is 8.65. The van der Waals surface area contributed by atoms with Crippen LogP contribution in [0, 0.1) is 0 Å². The molecule has 0 radical (unpaired) electrons. The summed E-state index contributed by atoms with van der Waals surface area (Å²) in [6.07, 6.45) is 2.77. The first-order valence-corrected chi connectivity index (χ1v) is 11.6. The van der Waals surface area contributed by atoms with Crippen LogP contribution in [-0.2, 0) is 6.54 Å². The maximum atomic E-state index is 13.7. The molecule has 0 atom stereocenters. The first-order chi connectivity index (χ1) is 16.0. The SMILES string of the molecule is CCCCCn1c(-c2cc(OC)c(OC)c(OC)c2)nc2sc3ccccc3c(=O)c2c1=O. The van der Waals surface area contributed by atoms with Crippen molar-refractivity contribution in [2.45, 2.75) is 32.7 Å². The van der Waals surface area contributed by atoms with Crippen LogP contribution in [-0.4, -0.2) is 30.9 Å². The number of benzene rings is 2. The number of ether oxygens (including phenoxy) is 3. The zero-order chi connectivity index (χ0) is 23.5. The quantitative estimate of drug-likeness (QED) is 0.273. The van der Waals surface area contributed by atoms with Gasteiger partial charge in [-0.3, -0.25) is 14.2 Å². The number of hydrogen-bond donors (Lipinski definition) is 0. The third-order valence-electron chi connectivity index (χ3n) is 5.61. The van der Waals surface area contributed by atoms with Crippen LogP contribution in [0.15, 0.2) is 46.0 Å². The molecular weight excluding hydrogens is 440 g/mol. The Morgan fingerprint density at radius 1 is 0.970 bits per heavy atom. The molecule has 8 heteroatoms. The molecule has 172 valence electrons. The third-order valence-corrected chi connectivity index (χ3v) is 6.67. The zero-order valence-electron chi connectivity index (χ0n) is 19.1. The lowest BCUT2D eigenvalue weighted by atomic mass is 10.1. The average molecular weight is 467 g/mol. The van der Waals surface area contributed by atoms with Gasteiger partial charge in [0, 0.05) is 22.2 Å². The molecule has 0 N–H and O–H groups in total. The Bertz CT molecular complexity index is 1420. The van der Waals surface area contributed by atoms with Crippen molar-refractivity contribution in [2.75, 3.05) is 21.3 Å². The van der Waals surface area contributed by atoms with Crippen molar-refractivity contribution in [1.82, 2.24) is 9.55 Å². The highest BCUT2D eigenvalue weighted by atomic mass is 32.1. The summed E-state index contributed by atoms with van der Waals surface area (Å²) < 4.78 is 18.8. The van der Waals surface area contributed by atoms with E-state index in [0.717, 1.165) is 24.0 Å². The van der Waals surface area contributed by atoms with Crippen LogP contribution in [0.3, 0.4) is 0 Å². The maximum absolute atomic E-state index is 13.7. The standard InChI is InChI=1S/C25H26N2O5S/c1-5-6-9-12-27-23(15-13-17(30-2)22(32-4)18(14-15)31-3)26-24-20(25(27)29)21(28)16-10-7-8-11-19(16)33-24/h7-8,10-11,13-14H,5-6,9,12H2,1-4H3. The first kappa shape index (κ1) is 22.8.